The molecule has 0 unspecified atom stereocenters. The van der Waals surface area contributed by atoms with Crippen molar-refractivity contribution in [3.05, 3.63) is 51.3 Å². The Labute approximate surface area is 255 Å². The molecule has 2 fully saturated rings. The number of hydrogen-bond acceptors (Lipinski definition) is 7. The van der Waals surface area contributed by atoms with Crippen LogP contribution in [0.2, 0.25) is 0 Å². The van der Waals surface area contributed by atoms with Gasteiger partial charge in [-0.15, -0.1) is 0 Å². The Morgan fingerprint density at radius 2 is 1.73 bits per heavy atom. The number of esters is 1. The van der Waals surface area contributed by atoms with E-state index in [1.165, 1.54) is 17.2 Å². The molecule has 4 rings (SSSR count). The van der Waals surface area contributed by atoms with Crippen molar-refractivity contribution in [3.63, 3.8) is 0 Å². The topological polar surface area (TPSA) is 116 Å². The van der Waals surface area contributed by atoms with E-state index >= 15 is 4.39 Å². The molecule has 240 valence electrons. The smallest absolute Gasteiger partial charge is 0.410 e. The van der Waals surface area contributed by atoms with Crippen LogP contribution < -0.4 is 10.7 Å². The van der Waals surface area contributed by atoms with E-state index in [0.717, 1.165) is 18.9 Å². The molecule has 1 aliphatic heterocycles. The molecule has 0 radical (unpaired) electrons. The number of hydrogen-bond donors (Lipinski definition) is 1. The Hall–Kier alpha value is -3.96. The standard InChI is InChI=1S/C32H41F2N3O7/c1-8-42-28(39)23-17-36(19-12-13-19)26-21(25(34)24(33)15-22(26)27(23)38)11-9-10-20-14-18(35-29(40)43-31(2,3)4)16-37(20)30(41)44-32(5,6)7/h9,11,15,17-20H,8,10,12-14,16H2,1-7H3,(H,35,40)/t18-,20+/m0/s1. The first-order chi connectivity index (χ1) is 20.5. The molecule has 1 N–H and O–H groups in total. The van der Waals surface area contributed by atoms with Crippen LogP contribution in [0.4, 0.5) is 18.4 Å². The summed E-state index contributed by atoms with van der Waals surface area (Å²) >= 11 is 0. The number of likely N-dealkylation sites (tertiary alicyclic amines) is 1. The molecule has 1 aromatic carbocycles. The third-order valence-corrected chi connectivity index (χ3v) is 7.13. The van der Waals surface area contributed by atoms with Crippen molar-refractivity contribution in [2.75, 3.05) is 13.2 Å². The highest BCUT2D eigenvalue weighted by molar-refractivity contribution is 5.96. The van der Waals surface area contributed by atoms with Crippen molar-refractivity contribution < 1.29 is 37.4 Å². The molecule has 2 heterocycles. The third-order valence-electron chi connectivity index (χ3n) is 7.13. The summed E-state index contributed by atoms with van der Waals surface area (Å²) < 4.78 is 47.8. The number of amides is 2. The van der Waals surface area contributed by atoms with E-state index in [1.807, 2.05) is 0 Å². The second kappa shape index (κ2) is 12.6. The van der Waals surface area contributed by atoms with Gasteiger partial charge in [0.2, 0.25) is 5.43 Å². The predicted octanol–water partition coefficient (Wildman–Crippen LogP) is 6.10. The van der Waals surface area contributed by atoms with Crippen LogP contribution >= 0.6 is 0 Å². The molecule has 1 aromatic heterocycles. The van der Waals surface area contributed by atoms with Gasteiger partial charge in [0.25, 0.3) is 0 Å². The zero-order valence-electron chi connectivity index (χ0n) is 26.3. The Bertz CT molecular complexity index is 1530. The first-order valence-corrected chi connectivity index (χ1v) is 14.9. The Morgan fingerprint density at radius 1 is 1.07 bits per heavy atom. The summed E-state index contributed by atoms with van der Waals surface area (Å²) in [6.45, 7) is 12.3. The van der Waals surface area contributed by atoms with Crippen molar-refractivity contribution in [1.29, 1.82) is 0 Å². The van der Waals surface area contributed by atoms with Crippen LogP contribution in [0.5, 0.6) is 0 Å². The summed E-state index contributed by atoms with van der Waals surface area (Å²) in [6, 6.07) is -0.130. The maximum atomic E-state index is 15.4. The van der Waals surface area contributed by atoms with Crippen LogP contribution in [-0.2, 0) is 14.2 Å². The van der Waals surface area contributed by atoms with Crippen LogP contribution in [-0.4, -0.2) is 64.1 Å². The number of nitrogens with zero attached hydrogens (tertiary/aromatic N) is 2. The van der Waals surface area contributed by atoms with Crippen LogP contribution in [0, 0.1) is 11.6 Å². The van der Waals surface area contributed by atoms with Gasteiger partial charge in [0.15, 0.2) is 11.6 Å². The van der Waals surface area contributed by atoms with Crippen LogP contribution in [0.1, 0.15) is 96.1 Å². The number of fused-ring (bicyclic) bond motifs is 1. The molecular formula is C32H41F2N3O7. The number of carbonyl (C=O) groups is 3. The summed E-state index contributed by atoms with van der Waals surface area (Å²) in [6.07, 6.45) is 5.27. The number of alkyl carbamates (subject to hydrolysis) is 1. The Morgan fingerprint density at radius 3 is 2.32 bits per heavy atom. The fraction of sp³-hybridized carbons (Fsp3) is 0.562. The molecule has 12 heteroatoms. The fourth-order valence-corrected chi connectivity index (χ4v) is 5.25. The highest BCUT2D eigenvalue weighted by Crippen LogP contribution is 2.39. The zero-order chi connectivity index (χ0) is 32.6. The number of aromatic nitrogens is 1. The van der Waals surface area contributed by atoms with Crippen molar-refractivity contribution in [2.45, 2.75) is 103 Å². The molecule has 1 aliphatic carbocycles. The average molecular weight is 618 g/mol. The lowest BCUT2D eigenvalue weighted by Crippen LogP contribution is -2.43. The van der Waals surface area contributed by atoms with Gasteiger partial charge in [0.1, 0.15) is 16.8 Å². The number of nitrogens with one attached hydrogen (secondary N) is 1. The quantitative estimate of drug-likeness (QED) is 0.295. The minimum Gasteiger partial charge on any atom is -0.462 e. The van der Waals surface area contributed by atoms with Crippen molar-refractivity contribution in [1.82, 2.24) is 14.8 Å². The minimum atomic E-state index is -1.23. The highest BCUT2D eigenvalue weighted by atomic mass is 19.2. The molecule has 44 heavy (non-hydrogen) atoms. The van der Waals surface area contributed by atoms with Crippen molar-refractivity contribution in [3.8, 4) is 0 Å². The summed E-state index contributed by atoms with van der Waals surface area (Å²) in [5.41, 5.74) is -2.40. The van der Waals surface area contributed by atoms with E-state index < -0.39 is 58.5 Å². The maximum absolute atomic E-state index is 15.4. The number of ether oxygens (including phenoxy) is 3. The Balaban J connectivity index is 1.67. The number of rotatable bonds is 7. The molecule has 2 atom stereocenters. The van der Waals surface area contributed by atoms with Gasteiger partial charge in [0.05, 0.1) is 23.6 Å². The molecule has 1 saturated heterocycles. The lowest BCUT2D eigenvalue weighted by molar-refractivity contribution is 0.0220. The number of pyridine rings is 1. The minimum absolute atomic E-state index is 0.0567. The number of halogens is 2. The maximum Gasteiger partial charge on any atom is 0.410 e. The Kier molecular flexibility index (Phi) is 9.41. The van der Waals surface area contributed by atoms with Crippen LogP contribution in [0.15, 0.2) is 23.1 Å². The van der Waals surface area contributed by atoms with Gasteiger partial charge in [-0.25, -0.2) is 23.2 Å². The average Bonchev–Trinajstić information content (AvgIpc) is 3.65. The van der Waals surface area contributed by atoms with Crippen molar-refractivity contribution >= 4 is 35.1 Å². The van der Waals surface area contributed by atoms with Gasteiger partial charge in [-0.1, -0.05) is 12.2 Å². The lowest BCUT2D eigenvalue weighted by Gasteiger charge is -2.28. The molecule has 0 spiro atoms. The van der Waals surface area contributed by atoms with Crippen LogP contribution in [0.25, 0.3) is 17.0 Å². The summed E-state index contributed by atoms with van der Waals surface area (Å²) in [7, 11) is 0. The van der Waals surface area contributed by atoms with Crippen molar-refractivity contribution in [2.24, 2.45) is 0 Å². The summed E-state index contributed by atoms with van der Waals surface area (Å²) in [4.78, 5) is 52.8. The van der Waals surface area contributed by atoms with E-state index in [4.69, 9.17) is 14.2 Å². The third kappa shape index (κ3) is 7.75. The molecule has 2 amide bonds. The zero-order valence-corrected chi connectivity index (χ0v) is 26.3. The second-order valence-corrected chi connectivity index (χ2v) is 13.2. The monoisotopic (exact) mass is 617 g/mol. The van der Waals surface area contributed by atoms with E-state index in [-0.39, 0.29) is 47.6 Å². The van der Waals surface area contributed by atoms with Gasteiger partial charge < -0.3 is 29.0 Å². The molecular weight excluding hydrogens is 576 g/mol. The van der Waals surface area contributed by atoms with Gasteiger partial charge in [-0.3, -0.25) is 4.79 Å². The highest BCUT2D eigenvalue weighted by Gasteiger charge is 2.38. The molecule has 2 aliphatic rings. The van der Waals surface area contributed by atoms with E-state index in [1.54, 1.807) is 59.1 Å². The summed E-state index contributed by atoms with van der Waals surface area (Å²) in [5.74, 6) is -3.18. The van der Waals surface area contributed by atoms with Gasteiger partial charge in [-0.05, 0) is 80.2 Å². The predicted molar refractivity (Wildman–Crippen MR) is 161 cm³/mol. The molecule has 0 bridgehead atoms. The van der Waals surface area contributed by atoms with Crippen LogP contribution in [0.3, 0.4) is 0 Å². The first kappa shape index (κ1) is 32.9. The first-order valence-electron chi connectivity index (χ1n) is 14.9. The summed E-state index contributed by atoms with van der Waals surface area (Å²) in [5, 5.41) is 2.67. The second-order valence-electron chi connectivity index (χ2n) is 13.2. The molecule has 2 aromatic rings. The molecule has 10 nitrogen and oxygen atoms in total. The number of carbonyl (C=O) groups excluding carboxylic acids is 3. The van der Waals surface area contributed by atoms with Gasteiger partial charge in [0, 0.05) is 30.4 Å². The fourth-order valence-electron chi connectivity index (χ4n) is 5.25. The normalized spacial score (nSPS) is 19.0. The van der Waals surface area contributed by atoms with E-state index in [2.05, 4.69) is 5.32 Å². The van der Waals surface area contributed by atoms with E-state index in [0.29, 0.717) is 6.42 Å². The molecule has 1 saturated carbocycles. The largest absolute Gasteiger partial charge is 0.462 e. The van der Waals surface area contributed by atoms with Gasteiger partial charge in [-0.2, -0.15) is 0 Å². The SMILES string of the molecule is CCOC(=O)c1cn(C2CC2)c2c(C=CC[C@@H]3C[C@H](NC(=O)OC(C)(C)C)CN3C(=O)OC(C)(C)C)c(F)c(F)cc2c1=O. The lowest BCUT2D eigenvalue weighted by atomic mass is 10.0. The van der Waals surface area contributed by atoms with E-state index in [9.17, 15) is 23.6 Å². The van der Waals surface area contributed by atoms with Gasteiger partial charge >= 0.3 is 18.2 Å². The number of benzene rings is 1.